The molecular weight excluding hydrogens is 1100 g/mol. The maximum atomic E-state index is 4.94. The third-order valence-electron chi connectivity index (χ3n) is 6.02. The Labute approximate surface area is 306 Å². The van der Waals surface area contributed by atoms with Crippen LogP contribution in [0.25, 0.3) is 33.8 Å². The van der Waals surface area contributed by atoms with E-state index >= 15 is 0 Å². The summed E-state index contributed by atoms with van der Waals surface area (Å²) >= 11 is 0. The summed E-state index contributed by atoms with van der Waals surface area (Å²) in [5.74, 6) is 0. The van der Waals surface area contributed by atoms with Crippen molar-refractivity contribution in [2.45, 2.75) is 33.6 Å². The molecule has 0 radical (unpaired) electrons. The summed E-state index contributed by atoms with van der Waals surface area (Å²) in [4.78, 5) is 0. The van der Waals surface area contributed by atoms with Crippen molar-refractivity contribution >= 4 is 0 Å². The molecular formula is C34H35Au3N6O. The van der Waals surface area contributed by atoms with Gasteiger partial charge in [0.05, 0.1) is 0 Å². The van der Waals surface area contributed by atoms with Gasteiger partial charge in [-0.2, -0.15) is 0 Å². The van der Waals surface area contributed by atoms with Crippen LogP contribution < -0.4 is 15.3 Å². The van der Waals surface area contributed by atoms with Gasteiger partial charge in [-0.25, -0.2) is 0 Å². The van der Waals surface area contributed by atoms with E-state index < -0.39 is 0 Å². The summed E-state index contributed by atoms with van der Waals surface area (Å²) < 4.78 is 4.94. The molecule has 0 bridgehead atoms. The van der Waals surface area contributed by atoms with Crippen LogP contribution in [-0.2, 0) is 71.9 Å². The fourth-order valence-corrected chi connectivity index (χ4v) is 3.93. The molecule has 3 aromatic carbocycles. The molecule has 4 heterocycles. The van der Waals surface area contributed by atoms with Gasteiger partial charge in [0, 0.05) is 30.3 Å². The van der Waals surface area contributed by atoms with Gasteiger partial charge in [0.15, 0.2) is 0 Å². The quantitative estimate of drug-likeness (QED) is 0.180. The van der Waals surface area contributed by atoms with Crippen LogP contribution in [0.4, 0.5) is 0 Å². The second-order valence-electron chi connectivity index (χ2n) is 9.53. The van der Waals surface area contributed by atoms with E-state index in [1.165, 1.54) is 12.8 Å². The SMILES string of the molecule is C1CCOC1.Cc1cc(-c2ccccc2)[n-]n1.Cc1cc(-c2ccccc2)[n-]n1.Cc1cc(-c2ccccc2)n[n-]1.[Au+].[Au+].[Au+]. The normalized spacial score (nSPS) is 11.0. The van der Waals surface area contributed by atoms with Crippen molar-refractivity contribution < 1.29 is 71.9 Å². The van der Waals surface area contributed by atoms with Crippen LogP contribution in [0.2, 0.25) is 0 Å². The van der Waals surface area contributed by atoms with E-state index in [-0.39, 0.29) is 67.1 Å². The van der Waals surface area contributed by atoms with Crippen molar-refractivity contribution in [2.75, 3.05) is 13.2 Å². The summed E-state index contributed by atoms with van der Waals surface area (Å²) in [5, 5.41) is 23.9. The number of ether oxygens (including phenoxy) is 1. The smallest absolute Gasteiger partial charge is 0.579 e. The zero-order valence-corrected chi connectivity index (χ0v) is 31.2. The largest absolute Gasteiger partial charge is 1.00 e. The summed E-state index contributed by atoms with van der Waals surface area (Å²) in [6.07, 6.45) is 2.56. The first-order valence-corrected chi connectivity index (χ1v) is 13.7. The maximum Gasteiger partial charge on any atom is 1.00 e. The van der Waals surface area contributed by atoms with E-state index in [4.69, 9.17) is 4.74 Å². The van der Waals surface area contributed by atoms with Crippen molar-refractivity contribution in [1.82, 2.24) is 30.6 Å². The van der Waals surface area contributed by atoms with Gasteiger partial charge < -0.3 is 35.3 Å². The van der Waals surface area contributed by atoms with Gasteiger partial charge in [0.2, 0.25) is 0 Å². The first-order chi connectivity index (χ1) is 20.1. The molecule has 44 heavy (non-hydrogen) atoms. The molecule has 0 atom stereocenters. The minimum Gasteiger partial charge on any atom is -0.579 e. The molecule has 0 N–H and O–H groups in total. The summed E-state index contributed by atoms with van der Waals surface area (Å²) in [6.45, 7) is 7.83. The minimum atomic E-state index is 0. The third kappa shape index (κ3) is 13.6. The Morgan fingerprint density at radius 3 is 1.20 bits per heavy atom. The Bertz CT molecular complexity index is 1360. The monoisotopic (exact) mass is 1130 g/mol. The molecule has 6 aromatic rings. The number of aromatic nitrogens is 6. The number of nitrogens with zero attached hydrogens (tertiary/aromatic N) is 6. The molecule has 7 nitrogen and oxygen atoms in total. The Balaban J connectivity index is 0.000000296. The predicted molar refractivity (Wildman–Crippen MR) is 163 cm³/mol. The second kappa shape index (κ2) is 22.1. The van der Waals surface area contributed by atoms with Crippen molar-refractivity contribution in [3.8, 4) is 33.8 Å². The maximum absolute atomic E-state index is 4.94. The van der Waals surface area contributed by atoms with E-state index in [1.54, 1.807) is 0 Å². The van der Waals surface area contributed by atoms with Gasteiger partial charge in [-0.1, -0.05) is 116 Å². The zero-order valence-electron chi connectivity index (χ0n) is 24.7. The van der Waals surface area contributed by atoms with Gasteiger partial charge in [0.25, 0.3) is 0 Å². The zero-order chi connectivity index (χ0) is 28.7. The van der Waals surface area contributed by atoms with Crippen molar-refractivity contribution in [3.05, 3.63) is 126 Å². The van der Waals surface area contributed by atoms with Crippen molar-refractivity contribution in [1.29, 1.82) is 0 Å². The van der Waals surface area contributed by atoms with E-state index in [0.717, 1.165) is 64.1 Å². The number of hydrogen-bond donors (Lipinski definition) is 0. The molecule has 1 aliphatic heterocycles. The predicted octanol–water partition coefficient (Wildman–Crippen LogP) is 6.83. The van der Waals surface area contributed by atoms with Crippen molar-refractivity contribution in [2.24, 2.45) is 0 Å². The Kier molecular flexibility index (Phi) is 19.8. The molecule has 0 unspecified atom stereocenters. The third-order valence-corrected chi connectivity index (χ3v) is 6.02. The van der Waals surface area contributed by atoms with Gasteiger partial charge in [-0.3, -0.25) is 0 Å². The topological polar surface area (TPSA) is 90.2 Å². The molecule has 0 spiro atoms. The van der Waals surface area contributed by atoms with Crippen molar-refractivity contribution in [3.63, 3.8) is 0 Å². The van der Waals surface area contributed by atoms with Gasteiger partial charge in [-0.05, 0) is 43.4 Å². The van der Waals surface area contributed by atoms with Crippen LogP contribution in [0.3, 0.4) is 0 Å². The van der Waals surface area contributed by atoms with Crippen LogP contribution in [-0.4, -0.2) is 28.5 Å². The first kappa shape index (κ1) is 39.5. The van der Waals surface area contributed by atoms with E-state index in [2.05, 4.69) is 30.6 Å². The molecule has 0 aliphatic carbocycles. The second-order valence-corrected chi connectivity index (χ2v) is 9.53. The summed E-state index contributed by atoms with van der Waals surface area (Å²) in [7, 11) is 0. The number of benzene rings is 3. The molecule has 0 saturated carbocycles. The first-order valence-electron chi connectivity index (χ1n) is 13.7. The van der Waals surface area contributed by atoms with E-state index in [9.17, 15) is 0 Å². The summed E-state index contributed by atoms with van der Waals surface area (Å²) in [6, 6.07) is 36.1. The Morgan fingerprint density at radius 2 is 0.909 bits per heavy atom. The molecule has 0 amide bonds. The fraction of sp³-hybridized carbons (Fsp3) is 0.206. The molecule has 1 saturated heterocycles. The molecule has 7 rings (SSSR count). The number of aryl methyl sites for hydroxylation is 3. The van der Waals surface area contributed by atoms with Crippen LogP contribution in [0.1, 0.15) is 29.9 Å². The average Bonchev–Trinajstić information content (AvgIpc) is 3.85. The van der Waals surface area contributed by atoms with E-state index in [1.807, 2.05) is 130 Å². The van der Waals surface area contributed by atoms with Crippen LogP contribution in [0, 0.1) is 20.8 Å². The van der Waals surface area contributed by atoms with E-state index in [0.29, 0.717) is 0 Å². The van der Waals surface area contributed by atoms with Gasteiger partial charge >= 0.3 is 67.1 Å². The van der Waals surface area contributed by atoms with Crippen LogP contribution in [0.15, 0.2) is 109 Å². The molecule has 3 aromatic heterocycles. The number of hydrogen-bond acceptors (Lipinski definition) is 4. The fourth-order valence-electron chi connectivity index (χ4n) is 3.93. The Morgan fingerprint density at radius 1 is 0.500 bits per heavy atom. The standard InChI is InChI=1S/3C10H9N2.C4H8O.3Au/c3*1-8-7-10(12-11-8)9-5-3-2-4-6-9;1-2-4-5-3-1;;;/h3*2-7H,1H3;1-4H2;;;/q3*-1;;3*+1. The Hall–Kier alpha value is -2.53. The van der Waals surface area contributed by atoms with Gasteiger partial charge in [0.1, 0.15) is 0 Å². The number of rotatable bonds is 3. The van der Waals surface area contributed by atoms with Crippen LogP contribution >= 0.6 is 0 Å². The molecule has 10 heteroatoms. The molecule has 240 valence electrons. The average molecular weight is 1130 g/mol. The molecule has 1 fully saturated rings. The van der Waals surface area contributed by atoms with Gasteiger partial charge in [-0.15, -0.1) is 17.1 Å². The molecule has 1 aliphatic rings. The minimum absolute atomic E-state index is 0. The summed E-state index contributed by atoms with van der Waals surface area (Å²) in [5.41, 5.74) is 9.13. The van der Waals surface area contributed by atoms with Crippen LogP contribution in [0.5, 0.6) is 0 Å².